The van der Waals surface area contributed by atoms with Crippen molar-refractivity contribution in [2.24, 2.45) is 4.99 Å². The number of aromatic nitrogens is 6. The first kappa shape index (κ1) is 13.5. The fraction of sp³-hybridized carbons (Fsp3) is 0.308. The summed E-state index contributed by atoms with van der Waals surface area (Å²) in [4.78, 5) is 29.2. The number of aromatic hydroxyl groups is 1. The fourth-order valence-electron chi connectivity index (χ4n) is 2.19. The summed E-state index contributed by atoms with van der Waals surface area (Å²) in [5.41, 5.74) is 0.786. The molecule has 0 aromatic carbocycles. The molecule has 0 bridgehead atoms. The normalized spacial score (nSPS) is 16.4. The minimum absolute atomic E-state index is 0.236. The second-order valence-electron chi connectivity index (χ2n) is 5.28. The van der Waals surface area contributed by atoms with Crippen LogP contribution < -0.4 is 21.8 Å². The maximum Gasteiger partial charge on any atom is 0.326 e. The van der Waals surface area contributed by atoms with Crippen LogP contribution in [0, 0.1) is 0 Å². The molecule has 0 atom stereocenters. The van der Waals surface area contributed by atoms with Crippen LogP contribution in [0.4, 0.5) is 5.95 Å². The summed E-state index contributed by atoms with van der Waals surface area (Å²) in [6, 6.07) is 0.291. The molecule has 4 rings (SSSR count). The zero-order valence-electron chi connectivity index (χ0n) is 12.2. The van der Waals surface area contributed by atoms with Crippen LogP contribution in [-0.4, -0.2) is 47.7 Å². The average molecular weight is 314 g/mol. The van der Waals surface area contributed by atoms with E-state index < -0.39 is 5.69 Å². The molecule has 1 aliphatic carbocycles. The third kappa shape index (κ3) is 2.43. The van der Waals surface area contributed by atoms with Gasteiger partial charge in [0, 0.05) is 12.3 Å². The lowest BCUT2D eigenvalue weighted by Crippen LogP contribution is -2.24. The van der Waals surface area contributed by atoms with Gasteiger partial charge in [0.2, 0.25) is 11.8 Å². The lowest BCUT2D eigenvalue weighted by molar-refractivity contribution is 0.454. The third-order valence-electron chi connectivity index (χ3n) is 3.48. The van der Waals surface area contributed by atoms with E-state index in [-0.39, 0.29) is 11.6 Å². The molecule has 0 unspecified atom stereocenters. The molecular formula is C13H14N8O2. The van der Waals surface area contributed by atoms with Crippen molar-refractivity contribution in [2.75, 3.05) is 12.4 Å². The lowest BCUT2D eigenvalue weighted by atomic mass is 10.3. The highest BCUT2D eigenvalue weighted by atomic mass is 16.3. The average Bonchev–Trinajstić information content (AvgIpc) is 3.16. The van der Waals surface area contributed by atoms with Gasteiger partial charge in [-0.1, -0.05) is 0 Å². The maximum atomic E-state index is 11.2. The Morgan fingerprint density at radius 1 is 1.43 bits per heavy atom. The van der Waals surface area contributed by atoms with Gasteiger partial charge in [-0.2, -0.15) is 19.6 Å². The summed E-state index contributed by atoms with van der Waals surface area (Å²) in [7, 11) is 1.72. The molecule has 3 aromatic rings. The van der Waals surface area contributed by atoms with Crippen LogP contribution in [0.5, 0.6) is 5.88 Å². The van der Waals surface area contributed by atoms with Gasteiger partial charge in [-0.25, -0.2) is 9.79 Å². The Labute approximate surface area is 128 Å². The Morgan fingerprint density at radius 3 is 2.91 bits per heavy atom. The van der Waals surface area contributed by atoms with Crippen molar-refractivity contribution in [3.8, 4) is 5.88 Å². The Kier molecular flexibility index (Phi) is 2.89. The van der Waals surface area contributed by atoms with Crippen LogP contribution in [0.2, 0.25) is 0 Å². The van der Waals surface area contributed by atoms with Crippen LogP contribution in [0.15, 0.2) is 16.0 Å². The number of hydrogen-bond donors (Lipinski definition) is 4. The molecule has 10 heteroatoms. The number of fused-ring (bicyclic) bond motifs is 1. The summed E-state index contributed by atoms with van der Waals surface area (Å²) in [5, 5.41) is 17.5. The summed E-state index contributed by atoms with van der Waals surface area (Å²) < 4.78 is 1.55. The van der Waals surface area contributed by atoms with Gasteiger partial charge >= 0.3 is 5.69 Å². The summed E-state index contributed by atoms with van der Waals surface area (Å²) >= 11 is 0. The molecule has 23 heavy (non-hydrogen) atoms. The number of rotatable bonds is 3. The van der Waals surface area contributed by atoms with E-state index in [0.717, 1.165) is 12.8 Å². The predicted octanol–water partition coefficient (Wildman–Crippen LogP) is -1.50. The van der Waals surface area contributed by atoms with E-state index in [0.29, 0.717) is 28.5 Å². The first-order valence-corrected chi connectivity index (χ1v) is 7.14. The van der Waals surface area contributed by atoms with Crippen molar-refractivity contribution in [1.29, 1.82) is 0 Å². The Hall–Kier alpha value is -3.17. The monoisotopic (exact) mass is 314 g/mol. The number of H-pyrrole nitrogens is 2. The van der Waals surface area contributed by atoms with E-state index >= 15 is 0 Å². The topological polar surface area (TPSA) is 136 Å². The molecule has 10 nitrogen and oxygen atoms in total. The highest BCUT2D eigenvalue weighted by Crippen LogP contribution is 2.22. The quantitative estimate of drug-likeness (QED) is 0.464. The predicted molar refractivity (Wildman–Crippen MR) is 80.8 cm³/mol. The third-order valence-corrected chi connectivity index (χ3v) is 3.48. The maximum absolute atomic E-state index is 11.2. The fourth-order valence-corrected chi connectivity index (χ4v) is 2.19. The SMILES string of the molecule is CNc1nc(=NC2CC2)n2ncc(=Cc3[nH]c(=O)[nH]c3O)c2n1. The first-order chi connectivity index (χ1) is 11.1. The number of aromatic amines is 2. The van der Waals surface area contributed by atoms with Crippen molar-refractivity contribution < 1.29 is 5.11 Å². The van der Waals surface area contributed by atoms with E-state index in [4.69, 9.17) is 0 Å². The molecule has 0 radical (unpaired) electrons. The molecule has 0 amide bonds. The molecule has 3 aromatic heterocycles. The van der Waals surface area contributed by atoms with Crippen molar-refractivity contribution >= 4 is 17.7 Å². The number of nitrogens with one attached hydrogen (secondary N) is 3. The molecule has 1 fully saturated rings. The number of imidazole rings is 1. The van der Waals surface area contributed by atoms with Gasteiger partial charge < -0.3 is 15.4 Å². The minimum atomic E-state index is -0.486. The van der Waals surface area contributed by atoms with E-state index in [2.05, 4.69) is 35.3 Å². The molecule has 3 heterocycles. The Bertz CT molecular complexity index is 1060. The van der Waals surface area contributed by atoms with Crippen LogP contribution in [0.25, 0.3) is 11.7 Å². The zero-order chi connectivity index (χ0) is 16.0. The first-order valence-electron chi connectivity index (χ1n) is 7.14. The number of nitrogens with zero attached hydrogens (tertiary/aromatic N) is 5. The van der Waals surface area contributed by atoms with Crippen molar-refractivity contribution in [2.45, 2.75) is 18.9 Å². The van der Waals surface area contributed by atoms with Gasteiger partial charge in [0.05, 0.1) is 12.2 Å². The van der Waals surface area contributed by atoms with Gasteiger partial charge in [-0.15, -0.1) is 0 Å². The number of anilines is 1. The van der Waals surface area contributed by atoms with Crippen LogP contribution in [0.1, 0.15) is 18.5 Å². The van der Waals surface area contributed by atoms with Gasteiger partial charge in [0.15, 0.2) is 5.65 Å². The minimum Gasteiger partial charge on any atom is -0.493 e. The van der Waals surface area contributed by atoms with Crippen molar-refractivity contribution in [3.63, 3.8) is 0 Å². The van der Waals surface area contributed by atoms with Crippen LogP contribution in [0.3, 0.4) is 0 Å². The smallest absolute Gasteiger partial charge is 0.326 e. The van der Waals surface area contributed by atoms with Crippen LogP contribution in [-0.2, 0) is 0 Å². The lowest BCUT2D eigenvalue weighted by Gasteiger charge is -1.99. The Morgan fingerprint density at radius 2 is 2.26 bits per heavy atom. The van der Waals surface area contributed by atoms with E-state index in [1.54, 1.807) is 23.8 Å². The molecule has 4 N–H and O–H groups in total. The zero-order valence-corrected chi connectivity index (χ0v) is 12.2. The molecule has 118 valence electrons. The highest BCUT2D eigenvalue weighted by molar-refractivity contribution is 5.56. The molecular weight excluding hydrogens is 300 g/mol. The van der Waals surface area contributed by atoms with Gasteiger partial charge in [0.1, 0.15) is 5.69 Å². The summed E-state index contributed by atoms with van der Waals surface area (Å²) in [6.07, 6.45) is 5.28. The molecule has 0 spiro atoms. The standard InChI is InChI=1S/C13H14N8O2/c1-14-11-18-9-6(4-8-10(22)19-13(23)17-8)5-15-21(9)12(20-11)16-7-2-3-7/h4-5,7,22H,2-3H2,1H3,(H,14,16,20)(H2,17,19,23). The van der Waals surface area contributed by atoms with E-state index in [9.17, 15) is 9.90 Å². The largest absolute Gasteiger partial charge is 0.493 e. The van der Waals surface area contributed by atoms with Gasteiger partial charge in [0.25, 0.3) is 5.62 Å². The molecule has 1 saturated carbocycles. The van der Waals surface area contributed by atoms with Crippen LogP contribution >= 0.6 is 0 Å². The van der Waals surface area contributed by atoms with E-state index in [1.807, 2.05) is 0 Å². The molecule has 1 aliphatic rings. The van der Waals surface area contributed by atoms with Gasteiger partial charge in [-0.3, -0.25) is 4.98 Å². The van der Waals surface area contributed by atoms with Crippen molar-refractivity contribution in [3.05, 3.63) is 33.2 Å². The molecule has 0 saturated heterocycles. The number of hydrogen-bond acceptors (Lipinski definition) is 7. The highest BCUT2D eigenvalue weighted by Gasteiger charge is 2.20. The summed E-state index contributed by atoms with van der Waals surface area (Å²) in [5.74, 6) is 0.193. The summed E-state index contributed by atoms with van der Waals surface area (Å²) in [6.45, 7) is 0. The second kappa shape index (κ2) is 4.93. The van der Waals surface area contributed by atoms with Gasteiger partial charge in [-0.05, 0) is 18.9 Å². The Balaban J connectivity index is 1.98. The van der Waals surface area contributed by atoms with Crippen molar-refractivity contribution in [1.82, 2.24) is 29.5 Å². The van der Waals surface area contributed by atoms with E-state index in [1.165, 1.54) is 0 Å². The molecule has 0 aliphatic heterocycles. The second-order valence-corrected chi connectivity index (χ2v) is 5.28.